The smallest absolute Gasteiger partial charge is 0.118 e. The first kappa shape index (κ1) is 13.5. The highest BCUT2D eigenvalue weighted by Crippen LogP contribution is 2.32. The van der Waals surface area contributed by atoms with Crippen molar-refractivity contribution in [3.05, 3.63) is 83.6 Å². The first-order chi connectivity index (χ1) is 10.3. The van der Waals surface area contributed by atoms with Gasteiger partial charge in [0.25, 0.3) is 0 Å². The van der Waals surface area contributed by atoms with Gasteiger partial charge in [-0.1, -0.05) is 55.5 Å². The second kappa shape index (κ2) is 5.88. The Balaban J connectivity index is 2.09. The maximum Gasteiger partial charge on any atom is 0.118 e. The summed E-state index contributed by atoms with van der Waals surface area (Å²) in [4.78, 5) is 2.26. The van der Waals surface area contributed by atoms with Gasteiger partial charge in [0.15, 0.2) is 0 Å². The summed E-state index contributed by atoms with van der Waals surface area (Å²) in [6.45, 7) is 2.81. The number of para-hydroxylation sites is 1. The maximum atomic E-state index is 10.2. The van der Waals surface area contributed by atoms with Gasteiger partial charge in [-0.3, -0.25) is 0 Å². The normalized spacial score (nSPS) is 15.1. The zero-order valence-electron chi connectivity index (χ0n) is 12.2. The molecule has 1 heterocycles. The second-order valence-electron chi connectivity index (χ2n) is 5.16. The zero-order valence-corrected chi connectivity index (χ0v) is 12.2. The van der Waals surface area contributed by atoms with E-state index < -0.39 is 0 Å². The average molecular weight is 277 g/mol. The largest absolute Gasteiger partial charge is 0.508 e. The monoisotopic (exact) mass is 277 g/mol. The van der Waals surface area contributed by atoms with E-state index in [1.165, 1.54) is 0 Å². The number of benzene rings is 2. The van der Waals surface area contributed by atoms with Crippen molar-refractivity contribution in [2.24, 2.45) is 0 Å². The van der Waals surface area contributed by atoms with Crippen LogP contribution in [0.4, 0.5) is 5.69 Å². The Kier molecular flexibility index (Phi) is 3.78. The summed E-state index contributed by atoms with van der Waals surface area (Å²) in [7, 11) is 0. The first-order valence-electron chi connectivity index (χ1n) is 7.30. The van der Waals surface area contributed by atoms with Gasteiger partial charge in [0.1, 0.15) is 5.76 Å². The molecule has 106 valence electrons. The highest BCUT2D eigenvalue weighted by atomic mass is 16.3. The Morgan fingerprint density at radius 2 is 1.57 bits per heavy atom. The van der Waals surface area contributed by atoms with Crippen LogP contribution in [0.2, 0.25) is 0 Å². The van der Waals surface area contributed by atoms with Crippen molar-refractivity contribution in [3.8, 4) is 0 Å². The van der Waals surface area contributed by atoms with Crippen molar-refractivity contribution in [1.82, 2.24) is 0 Å². The van der Waals surface area contributed by atoms with Crippen molar-refractivity contribution in [2.75, 3.05) is 11.4 Å². The van der Waals surface area contributed by atoms with E-state index in [9.17, 15) is 5.11 Å². The van der Waals surface area contributed by atoms with E-state index in [0.717, 1.165) is 35.5 Å². The molecule has 0 saturated heterocycles. The summed E-state index contributed by atoms with van der Waals surface area (Å²) in [6.07, 6.45) is 2.73. The first-order valence-corrected chi connectivity index (χ1v) is 7.30. The van der Waals surface area contributed by atoms with Crippen molar-refractivity contribution < 1.29 is 5.11 Å². The highest BCUT2D eigenvalue weighted by Gasteiger charge is 2.21. The quantitative estimate of drug-likeness (QED) is 0.873. The third-order valence-electron chi connectivity index (χ3n) is 3.84. The lowest BCUT2D eigenvalue weighted by atomic mass is 10.0. The van der Waals surface area contributed by atoms with Crippen LogP contribution in [0, 0.1) is 0 Å². The van der Waals surface area contributed by atoms with Crippen LogP contribution in [-0.2, 0) is 0 Å². The molecular weight excluding hydrogens is 258 g/mol. The molecule has 0 aromatic heterocycles. The van der Waals surface area contributed by atoms with E-state index in [2.05, 4.69) is 36.1 Å². The number of allylic oxidation sites excluding steroid dienone is 1. The molecule has 1 N–H and O–H groups in total. The highest BCUT2D eigenvalue weighted by molar-refractivity contribution is 5.82. The molecule has 0 aliphatic carbocycles. The topological polar surface area (TPSA) is 23.5 Å². The number of aliphatic hydroxyl groups is 1. The molecule has 0 bridgehead atoms. The Bertz CT molecular complexity index is 671. The van der Waals surface area contributed by atoms with Gasteiger partial charge in [0.05, 0.1) is 5.70 Å². The molecule has 1 aliphatic heterocycles. The molecule has 0 fully saturated rings. The lowest BCUT2D eigenvalue weighted by Gasteiger charge is -2.32. The standard InChI is InChI=1S/C19H19NO/c1-2-15-14-20(17-11-7-4-8-12-17)18(13-19(15)21)16-9-5-3-6-10-16/h3-13,21H,2,14H2,1H3. The minimum Gasteiger partial charge on any atom is -0.508 e. The Morgan fingerprint density at radius 1 is 0.952 bits per heavy atom. The summed E-state index contributed by atoms with van der Waals surface area (Å²) in [6, 6.07) is 20.5. The van der Waals surface area contributed by atoms with Crippen LogP contribution >= 0.6 is 0 Å². The van der Waals surface area contributed by atoms with Gasteiger partial charge in [-0.05, 0) is 29.7 Å². The molecule has 2 nitrogen and oxygen atoms in total. The predicted octanol–water partition coefficient (Wildman–Crippen LogP) is 4.77. The van der Waals surface area contributed by atoms with Gasteiger partial charge in [0, 0.05) is 18.3 Å². The van der Waals surface area contributed by atoms with Crippen molar-refractivity contribution in [1.29, 1.82) is 0 Å². The lowest BCUT2D eigenvalue weighted by Crippen LogP contribution is -2.27. The second-order valence-corrected chi connectivity index (χ2v) is 5.16. The van der Waals surface area contributed by atoms with Crippen LogP contribution in [0.1, 0.15) is 18.9 Å². The Morgan fingerprint density at radius 3 is 2.19 bits per heavy atom. The molecule has 1 aliphatic rings. The summed E-state index contributed by atoms with van der Waals surface area (Å²) in [5.41, 5.74) is 4.36. The van der Waals surface area contributed by atoms with Crippen molar-refractivity contribution in [2.45, 2.75) is 13.3 Å². The number of aliphatic hydroxyl groups excluding tert-OH is 1. The van der Waals surface area contributed by atoms with E-state index in [4.69, 9.17) is 0 Å². The van der Waals surface area contributed by atoms with Crippen molar-refractivity contribution in [3.63, 3.8) is 0 Å². The molecular formula is C19H19NO. The fourth-order valence-corrected chi connectivity index (χ4v) is 2.65. The van der Waals surface area contributed by atoms with E-state index >= 15 is 0 Å². The molecule has 3 rings (SSSR count). The van der Waals surface area contributed by atoms with Crippen LogP contribution < -0.4 is 4.90 Å². The number of hydrogen-bond acceptors (Lipinski definition) is 2. The third kappa shape index (κ3) is 2.70. The average Bonchev–Trinajstić information content (AvgIpc) is 2.56. The molecule has 0 unspecified atom stereocenters. The number of nitrogens with zero attached hydrogens (tertiary/aromatic N) is 1. The zero-order chi connectivity index (χ0) is 14.7. The Labute approximate surface area is 125 Å². The number of hydrogen-bond donors (Lipinski definition) is 1. The Hall–Kier alpha value is -2.48. The summed E-state index contributed by atoms with van der Waals surface area (Å²) >= 11 is 0. The summed E-state index contributed by atoms with van der Waals surface area (Å²) in [5, 5.41) is 10.2. The minimum atomic E-state index is 0.406. The van der Waals surface area contributed by atoms with Gasteiger partial charge in [0.2, 0.25) is 0 Å². The molecule has 0 atom stereocenters. The molecule has 0 saturated carbocycles. The minimum absolute atomic E-state index is 0.406. The van der Waals surface area contributed by atoms with Gasteiger partial charge >= 0.3 is 0 Å². The predicted molar refractivity (Wildman–Crippen MR) is 88.2 cm³/mol. The molecule has 2 heteroatoms. The van der Waals surface area contributed by atoms with E-state index in [1.54, 1.807) is 0 Å². The van der Waals surface area contributed by atoms with E-state index in [-0.39, 0.29) is 0 Å². The van der Waals surface area contributed by atoms with Gasteiger partial charge in [-0.25, -0.2) is 0 Å². The SMILES string of the molecule is CCC1=C(O)C=C(c2ccccc2)N(c2ccccc2)C1. The van der Waals surface area contributed by atoms with Crippen LogP contribution in [0.25, 0.3) is 5.70 Å². The molecule has 0 spiro atoms. The number of anilines is 1. The van der Waals surface area contributed by atoms with Crippen molar-refractivity contribution >= 4 is 11.4 Å². The number of rotatable bonds is 3. The lowest BCUT2D eigenvalue weighted by molar-refractivity contribution is 0.420. The molecule has 0 radical (unpaired) electrons. The van der Waals surface area contributed by atoms with Gasteiger partial charge < -0.3 is 10.0 Å². The van der Waals surface area contributed by atoms with Gasteiger partial charge in [-0.15, -0.1) is 0 Å². The fourth-order valence-electron chi connectivity index (χ4n) is 2.65. The van der Waals surface area contributed by atoms with Crippen LogP contribution in [0.3, 0.4) is 0 Å². The van der Waals surface area contributed by atoms with Gasteiger partial charge in [-0.2, -0.15) is 0 Å². The third-order valence-corrected chi connectivity index (χ3v) is 3.84. The van der Waals surface area contributed by atoms with Crippen LogP contribution in [0.15, 0.2) is 78.1 Å². The summed E-state index contributed by atoms with van der Waals surface area (Å²) < 4.78 is 0. The molecule has 0 amide bonds. The van der Waals surface area contributed by atoms with Crippen LogP contribution in [0.5, 0.6) is 0 Å². The molecule has 2 aromatic rings. The fraction of sp³-hybridized carbons (Fsp3) is 0.158. The molecule has 21 heavy (non-hydrogen) atoms. The van der Waals surface area contributed by atoms with E-state index in [1.807, 2.05) is 42.5 Å². The van der Waals surface area contributed by atoms with Crippen LogP contribution in [-0.4, -0.2) is 11.7 Å². The molecule has 2 aromatic carbocycles. The maximum absolute atomic E-state index is 10.2. The summed E-state index contributed by atoms with van der Waals surface area (Å²) in [5.74, 6) is 0.406. The van der Waals surface area contributed by atoms with E-state index in [0.29, 0.717) is 5.76 Å².